The molecule has 7 nitrogen and oxygen atoms in total. The van der Waals surface area contributed by atoms with E-state index in [0.717, 1.165) is 18.4 Å². The summed E-state index contributed by atoms with van der Waals surface area (Å²) in [4.78, 5) is 26.5. The third-order valence-electron chi connectivity index (χ3n) is 6.10. The second-order valence-electron chi connectivity index (χ2n) is 8.71. The van der Waals surface area contributed by atoms with Crippen LogP contribution < -0.4 is 10.2 Å². The van der Waals surface area contributed by atoms with Gasteiger partial charge in [0, 0.05) is 48.7 Å². The summed E-state index contributed by atoms with van der Waals surface area (Å²) in [6, 6.07) is 3.44. The quantitative estimate of drug-likeness (QED) is 0.605. The van der Waals surface area contributed by atoms with Crippen LogP contribution in [-0.4, -0.2) is 50.7 Å². The van der Waals surface area contributed by atoms with Gasteiger partial charge < -0.3 is 10.2 Å². The van der Waals surface area contributed by atoms with Crippen LogP contribution in [0.1, 0.15) is 52.0 Å². The summed E-state index contributed by atoms with van der Waals surface area (Å²) in [7, 11) is -3.73. The number of rotatable bonds is 7. The Bertz CT molecular complexity index is 940. The number of sulfonamides is 1. The summed E-state index contributed by atoms with van der Waals surface area (Å²) in [5.74, 6) is 0.389. The lowest BCUT2D eigenvalue weighted by molar-refractivity contribution is -0.126. The Hall–Kier alpha value is -1.45. The number of amides is 2. The molecule has 0 aliphatic carbocycles. The van der Waals surface area contributed by atoms with Crippen molar-refractivity contribution in [3.63, 3.8) is 0 Å². The zero-order valence-corrected chi connectivity index (χ0v) is 20.9. The number of nitrogens with zero attached hydrogens (tertiary/aromatic N) is 2. The molecule has 0 atom stereocenters. The molecular formula is C22H32BrN3O4S. The topological polar surface area (TPSA) is 86.8 Å². The largest absolute Gasteiger partial charge is 0.356 e. The first kappa shape index (κ1) is 24.2. The zero-order valence-electron chi connectivity index (χ0n) is 18.5. The van der Waals surface area contributed by atoms with Gasteiger partial charge >= 0.3 is 0 Å². The van der Waals surface area contributed by atoms with E-state index >= 15 is 0 Å². The van der Waals surface area contributed by atoms with E-state index in [1.165, 1.54) is 4.31 Å². The van der Waals surface area contributed by atoms with E-state index in [1.807, 2.05) is 6.07 Å². The minimum Gasteiger partial charge on any atom is -0.356 e. The normalized spacial score (nSPS) is 17.8. The SMILES string of the molecule is CCC(=O)N1CCc2cc(Br)c(S(=O)(=O)N3CCC(C(=O)NCCC(C)C)CC3)cc21. The summed E-state index contributed by atoms with van der Waals surface area (Å²) in [6.45, 7) is 7.89. The molecule has 3 rings (SSSR count). The lowest BCUT2D eigenvalue weighted by Gasteiger charge is -2.31. The molecule has 31 heavy (non-hydrogen) atoms. The lowest BCUT2D eigenvalue weighted by atomic mass is 9.97. The van der Waals surface area contributed by atoms with E-state index in [1.54, 1.807) is 17.9 Å². The maximum atomic E-state index is 13.4. The van der Waals surface area contributed by atoms with Gasteiger partial charge in [-0.15, -0.1) is 0 Å². The van der Waals surface area contributed by atoms with Crippen LogP contribution in [0.3, 0.4) is 0 Å². The van der Waals surface area contributed by atoms with E-state index in [4.69, 9.17) is 0 Å². The molecule has 0 unspecified atom stereocenters. The third kappa shape index (κ3) is 5.31. The third-order valence-corrected chi connectivity index (χ3v) is 8.95. The van der Waals surface area contributed by atoms with Crippen LogP contribution in [0.25, 0.3) is 0 Å². The highest BCUT2D eigenvalue weighted by molar-refractivity contribution is 9.10. The Morgan fingerprint density at radius 3 is 2.48 bits per heavy atom. The number of carbonyl (C=O) groups is 2. The van der Waals surface area contributed by atoms with E-state index in [9.17, 15) is 18.0 Å². The van der Waals surface area contributed by atoms with Crippen LogP contribution in [0.5, 0.6) is 0 Å². The average molecular weight is 514 g/mol. The fourth-order valence-electron chi connectivity index (χ4n) is 4.16. The van der Waals surface area contributed by atoms with Crippen molar-refractivity contribution >= 4 is 43.5 Å². The van der Waals surface area contributed by atoms with Gasteiger partial charge in [-0.1, -0.05) is 20.8 Å². The van der Waals surface area contributed by atoms with Crippen molar-refractivity contribution in [1.82, 2.24) is 9.62 Å². The Balaban J connectivity index is 1.71. The summed E-state index contributed by atoms with van der Waals surface area (Å²) in [5.41, 5.74) is 1.66. The first-order valence-electron chi connectivity index (χ1n) is 11.1. The van der Waals surface area contributed by atoms with Crippen molar-refractivity contribution in [3.05, 3.63) is 22.2 Å². The molecule has 0 spiro atoms. The zero-order chi connectivity index (χ0) is 22.8. The van der Waals surface area contributed by atoms with Gasteiger partial charge in [-0.05, 0) is 65.2 Å². The lowest BCUT2D eigenvalue weighted by Crippen LogP contribution is -2.43. The number of benzene rings is 1. The molecular weight excluding hydrogens is 482 g/mol. The standard InChI is InChI=1S/C22H32BrN3O4S/c1-4-21(27)26-12-8-17-13-18(23)20(14-19(17)26)31(29,30)25-10-6-16(7-11-25)22(28)24-9-5-15(2)3/h13-16H,4-12H2,1-3H3,(H,24,28). The molecule has 0 bridgehead atoms. The maximum Gasteiger partial charge on any atom is 0.244 e. The van der Waals surface area contributed by atoms with Gasteiger partial charge in [-0.3, -0.25) is 9.59 Å². The summed E-state index contributed by atoms with van der Waals surface area (Å²) < 4.78 is 28.7. The van der Waals surface area contributed by atoms with E-state index < -0.39 is 10.0 Å². The predicted molar refractivity (Wildman–Crippen MR) is 124 cm³/mol. The van der Waals surface area contributed by atoms with Gasteiger partial charge in [0.15, 0.2) is 0 Å². The molecule has 9 heteroatoms. The molecule has 2 amide bonds. The van der Waals surface area contributed by atoms with E-state index in [2.05, 4.69) is 35.1 Å². The number of halogens is 1. The van der Waals surface area contributed by atoms with E-state index in [-0.39, 0.29) is 22.6 Å². The average Bonchev–Trinajstić information content (AvgIpc) is 3.15. The first-order valence-corrected chi connectivity index (χ1v) is 13.3. The van der Waals surface area contributed by atoms with Crippen LogP contribution in [0.15, 0.2) is 21.5 Å². The molecule has 1 saturated heterocycles. The molecule has 0 aromatic heterocycles. The minimum absolute atomic E-state index is 0.00582. The highest BCUT2D eigenvalue weighted by atomic mass is 79.9. The molecule has 1 fully saturated rings. The first-order chi connectivity index (χ1) is 14.6. The van der Waals surface area contributed by atoms with Crippen LogP contribution in [0, 0.1) is 11.8 Å². The number of fused-ring (bicyclic) bond motifs is 1. The monoisotopic (exact) mass is 513 g/mol. The van der Waals surface area contributed by atoms with Crippen molar-refractivity contribution in [2.75, 3.05) is 31.1 Å². The second kappa shape index (κ2) is 10.0. The second-order valence-corrected chi connectivity index (χ2v) is 11.5. The number of anilines is 1. The summed E-state index contributed by atoms with van der Waals surface area (Å²) >= 11 is 3.43. The number of hydrogen-bond donors (Lipinski definition) is 1. The molecule has 1 aromatic rings. The Labute approximate surface area is 193 Å². The molecule has 0 saturated carbocycles. The molecule has 172 valence electrons. The van der Waals surface area contributed by atoms with Crippen molar-refractivity contribution in [3.8, 4) is 0 Å². The van der Waals surface area contributed by atoms with Gasteiger partial charge in [-0.2, -0.15) is 4.31 Å². The van der Waals surface area contributed by atoms with E-state index in [0.29, 0.717) is 61.5 Å². The fourth-order valence-corrected chi connectivity index (χ4v) is 6.70. The van der Waals surface area contributed by atoms with Crippen molar-refractivity contribution < 1.29 is 18.0 Å². The molecule has 1 N–H and O–H groups in total. The smallest absolute Gasteiger partial charge is 0.244 e. The van der Waals surface area contributed by atoms with Crippen LogP contribution in [0.4, 0.5) is 5.69 Å². The Morgan fingerprint density at radius 2 is 1.87 bits per heavy atom. The molecule has 2 aliphatic heterocycles. The number of nitrogens with one attached hydrogen (secondary N) is 1. The van der Waals surface area contributed by atoms with Crippen LogP contribution in [0.2, 0.25) is 0 Å². The number of carbonyl (C=O) groups excluding carboxylic acids is 2. The number of hydrogen-bond acceptors (Lipinski definition) is 4. The van der Waals surface area contributed by atoms with Gasteiger partial charge in [0.2, 0.25) is 21.8 Å². The van der Waals surface area contributed by atoms with Gasteiger partial charge in [-0.25, -0.2) is 8.42 Å². The van der Waals surface area contributed by atoms with Gasteiger partial charge in [0.25, 0.3) is 0 Å². The fraction of sp³-hybridized carbons (Fsp3) is 0.636. The maximum absolute atomic E-state index is 13.4. The predicted octanol–water partition coefficient (Wildman–Crippen LogP) is 3.31. The summed E-state index contributed by atoms with van der Waals surface area (Å²) in [5, 5.41) is 2.98. The minimum atomic E-state index is -3.73. The Morgan fingerprint density at radius 1 is 1.19 bits per heavy atom. The van der Waals surface area contributed by atoms with Crippen molar-refractivity contribution in [2.45, 2.75) is 57.8 Å². The summed E-state index contributed by atoms with van der Waals surface area (Å²) in [6.07, 6.45) is 3.05. The molecule has 2 aliphatic rings. The molecule has 1 aromatic carbocycles. The van der Waals surface area contributed by atoms with Crippen molar-refractivity contribution in [2.24, 2.45) is 11.8 Å². The van der Waals surface area contributed by atoms with Gasteiger partial charge in [0.1, 0.15) is 0 Å². The molecule has 2 heterocycles. The van der Waals surface area contributed by atoms with Crippen molar-refractivity contribution in [1.29, 1.82) is 0 Å². The highest BCUT2D eigenvalue weighted by Crippen LogP contribution is 2.37. The van der Waals surface area contributed by atoms with Crippen LogP contribution >= 0.6 is 15.9 Å². The number of piperidine rings is 1. The molecule has 0 radical (unpaired) electrons. The van der Waals surface area contributed by atoms with Crippen LogP contribution in [-0.2, 0) is 26.0 Å². The van der Waals surface area contributed by atoms with Gasteiger partial charge in [0.05, 0.1) is 4.90 Å². The highest BCUT2D eigenvalue weighted by Gasteiger charge is 2.35. The Kier molecular flexibility index (Phi) is 7.81.